The molecule has 3 N–H and O–H groups in total. The second-order valence-electron chi connectivity index (χ2n) is 2.74. The number of nitrogens with zero attached hydrogens (tertiary/aromatic N) is 2. The molecular formula is C8H11N3O2. The van der Waals surface area contributed by atoms with Crippen molar-refractivity contribution in [3.05, 3.63) is 33.7 Å². The van der Waals surface area contributed by atoms with Crippen molar-refractivity contribution < 1.29 is 5.21 Å². The van der Waals surface area contributed by atoms with Crippen molar-refractivity contribution in [2.75, 3.05) is 0 Å². The van der Waals surface area contributed by atoms with Gasteiger partial charge in [0.25, 0.3) is 5.56 Å². The molecule has 0 aliphatic heterocycles. The molecule has 0 atom stereocenters. The Morgan fingerprint density at radius 1 is 1.62 bits per heavy atom. The Hall–Kier alpha value is -1.78. The minimum atomic E-state index is -0.268. The predicted molar refractivity (Wildman–Crippen MR) is 48.9 cm³/mol. The highest BCUT2D eigenvalue weighted by Crippen LogP contribution is 1.95. The topological polar surface area (TPSA) is 80.6 Å². The van der Waals surface area contributed by atoms with Gasteiger partial charge in [-0.3, -0.25) is 4.79 Å². The highest BCUT2D eigenvalue weighted by molar-refractivity contribution is 5.96. The van der Waals surface area contributed by atoms with E-state index in [9.17, 15) is 4.79 Å². The van der Waals surface area contributed by atoms with Gasteiger partial charge in [0.2, 0.25) is 0 Å². The smallest absolute Gasteiger partial charge is 0.261 e. The standard InChI is InChI=1S/C8H11N3O2/c1-5-3-4-6(7(9)10-13)8(12)11(5)2/h3-4,13H,1-2H3,(H2,9,10). The first-order valence-corrected chi connectivity index (χ1v) is 3.72. The molecule has 0 radical (unpaired) electrons. The molecule has 70 valence electrons. The van der Waals surface area contributed by atoms with Gasteiger partial charge in [-0.15, -0.1) is 0 Å². The zero-order valence-corrected chi connectivity index (χ0v) is 7.48. The summed E-state index contributed by atoms with van der Waals surface area (Å²) in [7, 11) is 1.63. The van der Waals surface area contributed by atoms with Crippen LogP contribution < -0.4 is 11.3 Å². The minimum absolute atomic E-state index is 0.166. The Kier molecular flexibility index (Phi) is 2.36. The molecular weight excluding hydrogens is 170 g/mol. The van der Waals surface area contributed by atoms with Gasteiger partial charge in [-0.25, -0.2) is 0 Å². The summed E-state index contributed by atoms with van der Waals surface area (Å²) in [6.45, 7) is 1.80. The zero-order chi connectivity index (χ0) is 10.0. The number of rotatable bonds is 1. The van der Waals surface area contributed by atoms with E-state index in [0.29, 0.717) is 0 Å². The fraction of sp³-hybridized carbons (Fsp3) is 0.250. The SMILES string of the molecule is Cc1ccc(/C(N)=N/O)c(=O)n1C. The molecule has 0 bridgehead atoms. The van der Waals surface area contributed by atoms with Gasteiger partial charge in [0.05, 0.1) is 5.56 Å². The third kappa shape index (κ3) is 1.53. The lowest BCUT2D eigenvalue weighted by atomic mass is 10.2. The van der Waals surface area contributed by atoms with Crippen LogP contribution in [-0.4, -0.2) is 15.6 Å². The maximum atomic E-state index is 11.5. The highest BCUT2D eigenvalue weighted by atomic mass is 16.4. The van der Waals surface area contributed by atoms with E-state index in [0.717, 1.165) is 5.69 Å². The molecule has 13 heavy (non-hydrogen) atoms. The largest absolute Gasteiger partial charge is 0.409 e. The second kappa shape index (κ2) is 3.30. The predicted octanol–water partition coefficient (Wildman–Crippen LogP) is -0.212. The van der Waals surface area contributed by atoms with Crippen LogP contribution in [-0.2, 0) is 7.05 Å². The van der Waals surface area contributed by atoms with E-state index in [4.69, 9.17) is 10.9 Å². The number of nitrogens with two attached hydrogens (primary N) is 1. The zero-order valence-electron chi connectivity index (χ0n) is 7.48. The van der Waals surface area contributed by atoms with E-state index in [2.05, 4.69) is 5.16 Å². The molecule has 1 aromatic rings. The van der Waals surface area contributed by atoms with Crippen molar-refractivity contribution in [1.82, 2.24) is 4.57 Å². The van der Waals surface area contributed by atoms with Crippen molar-refractivity contribution in [3.8, 4) is 0 Å². The molecule has 0 aromatic carbocycles. The Labute approximate surface area is 75.1 Å². The molecule has 0 aliphatic carbocycles. The minimum Gasteiger partial charge on any atom is -0.409 e. The quantitative estimate of drug-likeness (QED) is 0.272. The van der Waals surface area contributed by atoms with Crippen LogP contribution in [0.25, 0.3) is 0 Å². The van der Waals surface area contributed by atoms with Gasteiger partial charge in [-0.05, 0) is 19.1 Å². The number of hydrogen-bond donors (Lipinski definition) is 2. The van der Waals surface area contributed by atoms with Gasteiger partial charge < -0.3 is 15.5 Å². The first-order chi connectivity index (χ1) is 6.07. The van der Waals surface area contributed by atoms with Crippen molar-refractivity contribution >= 4 is 5.84 Å². The van der Waals surface area contributed by atoms with Crippen LogP contribution in [0.15, 0.2) is 22.1 Å². The summed E-state index contributed by atoms with van der Waals surface area (Å²) in [5.74, 6) is -0.166. The van der Waals surface area contributed by atoms with E-state index < -0.39 is 0 Å². The van der Waals surface area contributed by atoms with Gasteiger partial charge in [-0.1, -0.05) is 5.16 Å². The lowest BCUT2D eigenvalue weighted by Gasteiger charge is -2.04. The molecule has 0 saturated heterocycles. The van der Waals surface area contributed by atoms with Gasteiger partial charge in [0.1, 0.15) is 0 Å². The van der Waals surface area contributed by atoms with Crippen molar-refractivity contribution in [2.24, 2.45) is 17.9 Å². The summed E-state index contributed by atoms with van der Waals surface area (Å²) in [6, 6.07) is 3.27. The summed E-state index contributed by atoms with van der Waals surface area (Å²) in [4.78, 5) is 11.5. The maximum absolute atomic E-state index is 11.5. The molecule has 5 heteroatoms. The molecule has 0 unspecified atom stereocenters. The van der Waals surface area contributed by atoms with Gasteiger partial charge in [-0.2, -0.15) is 0 Å². The number of aromatic nitrogens is 1. The third-order valence-electron chi connectivity index (χ3n) is 1.94. The van der Waals surface area contributed by atoms with Crippen LogP contribution in [0.4, 0.5) is 0 Å². The Morgan fingerprint density at radius 3 is 2.77 bits per heavy atom. The Morgan fingerprint density at radius 2 is 2.23 bits per heavy atom. The molecule has 1 aromatic heterocycles. The van der Waals surface area contributed by atoms with Crippen molar-refractivity contribution in [3.63, 3.8) is 0 Å². The highest BCUT2D eigenvalue weighted by Gasteiger charge is 2.06. The molecule has 0 spiro atoms. The van der Waals surface area contributed by atoms with E-state index >= 15 is 0 Å². The van der Waals surface area contributed by atoms with Crippen LogP contribution in [0, 0.1) is 6.92 Å². The summed E-state index contributed by atoms with van der Waals surface area (Å²) in [5, 5.41) is 11.2. The maximum Gasteiger partial charge on any atom is 0.261 e. The van der Waals surface area contributed by atoms with Crippen LogP contribution >= 0.6 is 0 Å². The third-order valence-corrected chi connectivity index (χ3v) is 1.94. The van der Waals surface area contributed by atoms with Gasteiger partial charge in [0, 0.05) is 12.7 Å². The molecule has 0 fully saturated rings. The Bertz CT molecular complexity index is 406. The molecule has 1 rings (SSSR count). The average Bonchev–Trinajstić information content (AvgIpc) is 2.13. The number of aryl methyl sites for hydroxylation is 1. The lowest BCUT2D eigenvalue weighted by molar-refractivity contribution is 0.318. The molecule has 0 saturated carbocycles. The number of hydrogen-bond acceptors (Lipinski definition) is 3. The fourth-order valence-electron chi connectivity index (χ4n) is 0.977. The molecule has 5 nitrogen and oxygen atoms in total. The first-order valence-electron chi connectivity index (χ1n) is 3.72. The fourth-order valence-corrected chi connectivity index (χ4v) is 0.977. The lowest BCUT2D eigenvalue weighted by Crippen LogP contribution is -2.29. The van der Waals surface area contributed by atoms with E-state index in [1.165, 1.54) is 10.6 Å². The number of amidine groups is 1. The molecule has 0 amide bonds. The Balaban J connectivity index is 3.44. The van der Waals surface area contributed by atoms with Crippen LogP contribution in [0.1, 0.15) is 11.3 Å². The second-order valence-corrected chi connectivity index (χ2v) is 2.74. The summed E-state index contributed by atoms with van der Waals surface area (Å²) < 4.78 is 1.44. The van der Waals surface area contributed by atoms with Crippen LogP contribution in [0.5, 0.6) is 0 Å². The normalized spacial score (nSPS) is 11.7. The molecule has 1 heterocycles. The van der Waals surface area contributed by atoms with Crippen molar-refractivity contribution in [2.45, 2.75) is 6.92 Å². The van der Waals surface area contributed by atoms with Crippen molar-refractivity contribution in [1.29, 1.82) is 0 Å². The number of oxime groups is 1. The average molecular weight is 181 g/mol. The van der Waals surface area contributed by atoms with Crippen LogP contribution in [0.3, 0.4) is 0 Å². The number of pyridine rings is 1. The van der Waals surface area contributed by atoms with Gasteiger partial charge >= 0.3 is 0 Å². The summed E-state index contributed by atoms with van der Waals surface area (Å²) in [5.41, 5.74) is 6.06. The van der Waals surface area contributed by atoms with E-state index in [1.807, 2.05) is 0 Å². The summed E-state index contributed by atoms with van der Waals surface area (Å²) in [6.07, 6.45) is 0. The van der Waals surface area contributed by atoms with Crippen LogP contribution in [0.2, 0.25) is 0 Å². The first kappa shape index (κ1) is 9.31. The summed E-state index contributed by atoms with van der Waals surface area (Å²) >= 11 is 0. The molecule has 0 aliphatic rings. The van der Waals surface area contributed by atoms with E-state index in [1.54, 1.807) is 20.0 Å². The monoisotopic (exact) mass is 181 g/mol. The van der Waals surface area contributed by atoms with E-state index in [-0.39, 0.29) is 17.0 Å². The van der Waals surface area contributed by atoms with Gasteiger partial charge in [0.15, 0.2) is 5.84 Å².